The monoisotopic (exact) mass is 546 g/mol. The topological polar surface area (TPSA) is 106 Å². The summed E-state index contributed by atoms with van der Waals surface area (Å²) in [6.45, 7) is 1.51. The van der Waals surface area contributed by atoms with Gasteiger partial charge >= 0.3 is 0 Å². The molecular formula is C20H27IN4O4S. The van der Waals surface area contributed by atoms with Gasteiger partial charge in [-0.25, -0.2) is 13.4 Å². The van der Waals surface area contributed by atoms with E-state index in [9.17, 15) is 8.42 Å². The van der Waals surface area contributed by atoms with Crippen molar-refractivity contribution in [3.63, 3.8) is 0 Å². The first kappa shape index (κ1) is 24.2. The molecule has 1 saturated heterocycles. The number of benzene rings is 2. The summed E-state index contributed by atoms with van der Waals surface area (Å²) in [5, 5.41) is 3.00. The van der Waals surface area contributed by atoms with E-state index in [0.29, 0.717) is 36.0 Å². The molecule has 164 valence electrons. The third kappa shape index (κ3) is 5.76. The highest BCUT2D eigenvalue weighted by atomic mass is 127. The molecule has 3 N–H and O–H groups in total. The molecule has 0 spiro atoms. The van der Waals surface area contributed by atoms with Crippen LogP contribution in [0.5, 0.6) is 11.5 Å². The Balaban J connectivity index is 0.00000320. The molecule has 0 radical (unpaired) electrons. The maximum atomic E-state index is 12.6. The van der Waals surface area contributed by atoms with Crippen molar-refractivity contribution in [2.24, 2.45) is 10.7 Å². The van der Waals surface area contributed by atoms with Crippen LogP contribution in [0, 0.1) is 0 Å². The largest absolute Gasteiger partial charge is 0.493 e. The molecule has 0 aromatic heterocycles. The van der Waals surface area contributed by atoms with Gasteiger partial charge in [-0.3, -0.25) is 0 Å². The molecule has 0 aliphatic carbocycles. The third-order valence-corrected chi connectivity index (χ3v) is 6.63. The number of rotatable bonds is 7. The fraction of sp³-hybridized carbons (Fsp3) is 0.350. The molecule has 0 atom stereocenters. The molecule has 30 heavy (non-hydrogen) atoms. The zero-order chi connectivity index (χ0) is 20.9. The van der Waals surface area contributed by atoms with Gasteiger partial charge < -0.3 is 20.5 Å². The number of aliphatic imine (C=N–C) groups is 1. The molecule has 1 heterocycles. The smallest absolute Gasteiger partial charge is 0.243 e. The van der Waals surface area contributed by atoms with Crippen molar-refractivity contribution in [3.8, 4) is 11.5 Å². The number of halogens is 1. The van der Waals surface area contributed by atoms with Gasteiger partial charge in [0.05, 0.1) is 25.7 Å². The SMILES string of the molecule is COc1ccc(NC(N)=NCc2ccc(S(=O)(=O)N3CCCC3)cc2)cc1OC.I. The summed E-state index contributed by atoms with van der Waals surface area (Å²) in [4.78, 5) is 4.62. The lowest BCUT2D eigenvalue weighted by molar-refractivity contribution is 0.355. The van der Waals surface area contributed by atoms with Crippen molar-refractivity contribution in [1.82, 2.24) is 4.31 Å². The first-order valence-corrected chi connectivity index (χ1v) is 10.8. The van der Waals surface area contributed by atoms with Gasteiger partial charge in [0.25, 0.3) is 0 Å². The van der Waals surface area contributed by atoms with E-state index in [4.69, 9.17) is 15.2 Å². The summed E-state index contributed by atoms with van der Waals surface area (Å²) in [7, 11) is -0.267. The lowest BCUT2D eigenvalue weighted by Crippen LogP contribution is -2.27. The average Bonchev–Trinajstić information content (AvgIpc) is 3.28. The lowest BCUT2D eigenvalue weighted by atomic mass is 10.2. The maximum absolute atomic E-state index is 12.6. The lowest BCUT2D eigenvalue weighted by Gasteiger charge is -2.15. The molecule has 8 nitrogen and oxygen atoms in total. The minimum atomic E-state index is -3.40. The van der Waals surface area contributed by atoms with Crippen LogP contribution in [0.2, 0.25) is 0 Å². The Bertz CT molecular complexity index is 975. The van der Waals surface area contributed by atoms with Crippen LogP contribution < -0.4 is 20.5 Å². The number of guanidine groups is 1. The van der Waals surface area contributed by atoms with Gasteiger partial charge in [-0.1, -0.05) is 12.1 Å². The van der Waals surface area contributed by atoms with Crippen molar-refractivity contribution in [3.05, 3.63) is 48.0 Å². The van der Waals surface area contributed by atoms with Crippen LogP contribution in [0.3, 0.4) is 0 Å². The summed E-state index contributed by atoms with van der Waals surface area (Å²) < 4.78 is 37.1. The molecule has 0 amide bonds. The molecule has 1 aliphatic heterocycles. The molecule has 0 unspecified atom stereocenters. The molecule has 1 fully saturated rings. The summed E-state index contributed by atoms with van der Waals surface area (Å²) in [5.41, 5.74) is 7.54. The summed E-state index contributed by atoms with van der Waals surface area (Å²) in [6, 6.07) is 12.1. The van der Waals surface area contributed by atoms with Crippen LogP contribution in [0.15, 0.2) is 52.4 Å². The molecular weight excluding hydrogens is 519 g/mol. The number of hydrogen-bond donors (Lipinski definition) is 2. The van der Waals surface area contributed by atoms with E-state index in [0.717, 1.165) is 24.1 Å². The highest BCUT2D eigenvalue weighted by molar-refractivity contribution is 14.0. The summed E-state index contributed by atoms with van der Waals surface area (Å²) in [5.74, 6) is 1.45. The van der Waals surface area contributed by atoms with Gasteiger partial charge in [-0.2, -0.15) is 4.31 Å². The molecule has 3 rings (SSSR count). The van der Waals surface area contributed by atoms with E-state index >= 15 is 0 Å². The Labute approximate surface area is 194 Å². The van der Waals surface area contributed by atoms with Crippen molar-refractivity contribution in [2.75, 3.05) is 32.6 Å². The summed E-state index contributed by atoms with van der Waals surface area (Å²) in [6.07, 6.45) is 1.83. The second kappa shape index (κ2) is 10.8. The fourth-order valence-corrected chi connectivity index (χ4v) is 4.64. The number of hydrogen-bond acceptors (Lipinski definition) is 5. The molecule has 1 aliphatic rings. The molecule has 2 aromatic rings. The molecule has 10 heteroatoms. The van der Waals surface area contributed by atoms with Crippen LogP contribution in [0.4, 0.5) is 5.69 Å². The van der Waals surface area contributed by atoms with Crippen molar-refractivity contribution in [2.45, 2.75) is 24.3 Å². The highest BCUT2D eigenvalue weighted by Crippen LogP contribution is 2.29. The zero-order valence-corrected chi connectivity index (χ0v) is 20.1. The van der Waals surface area contributed by atoms with Crippen molar-refractivity contribution < 1.29 is 17.9 Å². The Morgan fingerprint density at radius 3 is 2.30 bits per heavy atom. The van der Waals surface area contributed by atoms with E-state index in [1.807, 2.05) is 6.07 Å². The third-order valence-electron chi connectivity index (χ3n) is 4.71. The van der Waals surface area contributed by atoms with Crippen LogP contribution in [0.25, 0.3) is 0 Å². The van der Waals surface area contributed by atoms with Crippen LogP contribution in [-0.4, -0.2) is 46.0 Å². The Morgan fingerprint density at radius 1 is 1.07 bits per heavy atom. The minimum Gasteiger partial charge on any atom is -0.493 e. The number of nitrogens with one attached hydrogen (secondary N) is 1. The fourth-order valence-electron chi connectivity index (χ4n) is 3.12. The number of nitrogens with zero attached hydrogens (tertiary/aromatic N) is 2. The standard InChI is InChI=1S/C20H26N4O4S.HI/c1-27-18-10-7-16(13-19(18)28-2)23-20(21)22-14-15-5-8-17(9-6-15)29(25,26)24-11-3-4-12-24;/h5-10,13H,3-4,11-12,14H2,1-2H3,(H3,21,22,23);1H. The number of ether oxygens (including phenoxy) is 2. The van der Waals surface area contributed by atoms with Gasteiger partial charge in [-0.15, -0.1) is 24.0 Å². The predicted molar refractivity (Wildman–Crippen MR) is 128 cm³/mol. The van der Waals surface area contributed by atoms with Crippen molar-refractivity contribution in [1.29, 1.82) is 0 Å². The number of methoxy groups -OCH3 is 2. The Kier molecular flexibility index (Phi) is 8.74. The normalized spacial score (nSPS) is 14.8. The Hall–Kier alpha value is -2.05. The zero-order valence-electron chi connectivity index (χ0n) is 17.0. The quantitative estimate of drug-likeness (QED) is 0.314. The maximum Gasteiger partial charge on any atom is 0.243 e. The summed E-state index contributed by atoms with van der Waals surface area (Å²) >= 11 is 0. The molecule has 0 bridgehead atoms. The van der Waals surface area contributed by atoms with Gasteiger partial charge in [0.1, 0.15) is 0 Å². The van der Waals surface area contributed by atoms with Gasteiger partial charge in [0.15, 0.2) is 17.5 Å². The molecule has 2 aromatic carbocycles. The number of nitrogens with two attached hydrogens (primary N) is 1. The van der Waals surface area contributed by atoms with Crippen molar-refractivity contribution >= 4 is 45.6 Å². The van der Waals surface area contributed by atoms with Gasteiger partial charge in [0.2, 0.25) is 10.0 Å². The van der Waals surface area contributed by atoms with E-state index < -0.39 is 10.0 Å². The highest BCUT2D eigenvalue weighted by Gasteiger charge is 2.26. The second-order valence-electron chi connectivity index (χ2n) is 6.65. The number of anilines is 1. The van der Waals surface area contributed by atoms with Gasteiger partial charge in [-0.05, 0) is 42.7 Å². The predicted octanol–water partition coefficient (Wildman–Crippen LogP) is 3.03. The van der Waals surface area contributed by atoms with Crippen LogP contribution >= 0.6 is 24.0 Å². The minimum absolute atomic E-state index is 0. The van der Waals surface area contributed by atoms with E-state index in [1.165, 1.54) is 4.31 Å². The van der Waals surface area contributed by atoms with E-state index in [1.54, 1.807) is 50.6 Å². The Morgan fingerprint density at radius 2 is 1.70 bits per heavy atom. The molecule has 0 saturated carbocycles. The van der Waals surface area contributed by atoms with Crippen LogP contribution in [0.1, 0.15) is 18.4 Å². The first-order valence-electron chi connectivity index (χ1n) is 9.32. The van der Waals surface area contributed by atoms with Gasteiger partial charge in [0, 0.05) is 24.8 Å². The first-order chi connectivity index (χ1) is 13.9. The van der Waals surface area contributed by atoms with E-state index in [2.05, 4.69) is 10.3 Å². The van der Waals surface area contributed by atoms with E-state index in [-0.39, 0.29) is 29.9 Å². The average molecular weight is 546 g/mol. The van der Waals surface area contributed by atoms with Crippen LogP contribution in [-0.2, 0) is 16.6 Å². The second-order valence-corrected chi connectivity index (χ2v) is 8.59. The number of sulfonamides is 1.